The molecule has 108 valence electrons. The summed E-state index contributed by atoms with van der Waals surface area (Å²) in [6.45, 7) is 0. The number of thioether (sulfide) groups is 2. The predicted octanol–water partition coefficient (Wildman–Crippen LogP) is 3.30. The Bertz CT molecular complexity index is 794. The Morgan fingerprint density at radius 3 is 2.55 bits per heavy atom. The van der Waals surface area contributed by atoms with Gasteiger partial charge >= 0.3 is 0 Å². The Morgan fingerprint density at radius 2 is 1.95 bits per heavy atom. The summed E-state index contributed by atoms with van der Waals surface area (Å²) in [5, 5.41) is 18.5. The SMILES string of the molecule is CSC1=CN(c2ccccc2)C2=C(C#N)C(N)SC2=C1C#N. The zero-order chi connectivity index (χ0) is 15.7. The number of nitrogens with two attached hydrogens (primary N) is 1. The molecule has 2 N–H and O–H groups in total. The zero-order valence-electron chi connectivity index (χ0n) is 11.8. The summed E-state index contributed by atoms with van der Waals surface area (Å²) in [4.78, 5) is 3.63. The van der Waals surface area contributed by atoms with Crippen molar-refractivity contribution >= 4 is 29.2 Å². The van der Waals surface area contributed by atoms with Crippen molar-refractivity contribution < 1.29 is 0 Å². The number of nitriles is 2. The minimum absolute atomic E-state index is 0.431. The molecular weight excluding hydrogens is 312 g/mol. The molecule has 0 aliphatic carbocycles. The van der Waals surface area contributed by atoms with Crippen LogP contribution in [0.1, 0.15) is 0 Å². The first kappa shape index (κ1) is 14.8. The van der Waals surface area contributed by atoms with Crippen molar-refractivity contribution in [2.75, 3.05) is 11.2 Å². The number of rotatable bonds is 2. The number of allylic oxidation sites excluding steroid dienone is 1. The molecule has 1 atom stereocenters. The Morgan fingerprint density at radius 1 is 1.23 bits per heavy atom. The van der Waals surface area contributed by atoms with Gasteiger partial charge in [0.2, 0.25) is 0 Å². The van der Waals surface area contributed by atoms with E-state index in [0.717, 1.165) is 21.2 Å². The summed E-state index contributed by atoms with van der Waals surface area (Å²) < 4.78 is 0. The van der Waals surface area contributed by atoms with Crippen LogP contribution in [0.5, 0.6) is 0 Å². The summed E-state index contributed by atoms with van der Waals surface area (Å²) in [5.41, 5.74) is 8.86. The summed E-state index contributed by atoms with van der Waals surface area (Å²) in [6.07, 6.45) is 3.85. The Labute approximate surface area is 137 Å². The molecule has 0 saturated carbocycles. The number of nitrogens with zero attached hydrogens (tertiary/aromatic N) is 3. The van der Waals surface area contributed by atoms with Crippen LogP contribution in [-0.2, 0) is 0 Å². The lowest BCUT2D eigenvalue weighted by Gasteiger charge is -2.28. The van der Waals surface area contributed by atoms with Gasteiger partial charge in [0, 0.05) is 16.8 Å². The van der Waals surface area contributed by atoms with Crippen LogP contribution in [-0.4, -0.2) is 11.6 Å². The molecule has 22 heavy (non-hydrogen) atoms. The summed E-state index contributed by atoms with van der Waals surface area (Å²) >= 11 is 2.89. The highest BCUT2D eigenvalue weighted by atomic mass is 32.2. The van der Waals surface area contributed by atoms with Gasteiger partial charge in [-0.2, -0.15) is 10.5 Å². The molecule has 0 radical (unpaired) electrons. The maximum atomic E-state index is 9.50. The average molecular weight is 324 g/mol. The molecule has 0 bridgehead atoms. The van der Waals surface area contributed by atoms with Gasteiger partial charge in [0.25, 0.3) is 0 Å². The van der Waals surface area contributed by atoms with Crippen molar-refractivity contribution in [3.05, 3.63) is 63.2 Å². The van der Waals surface area contributed by atoms with Gasteiger partial charge in [0.05, 0.1) is 33.2 Å². The molecule has 2 aliphatic rings. The van der Waals surface area contributed by atoms with E-state index in [1.165, 1.54) is 23.5 Å². The number of benzene rings is 1. The minimum Gasteiger partial charge on any atom is -0.315 e. The molecular formula is C16H12N4S2. The maximum absolute atomic E-state index is 9.50. The number of para-hydroxylation sites is 1. The first-order chi connectivity index (χ1) is 10.7. The van der Waals surface area contributed by atoms with E-state index in [9.17, 15) is 10.5 Å². The van der Waals surface area contributed by atoms with Crippen molar-refractivity contribution in [3.8, 4) is 12.1 Å². The molecule has 0 fully saturated rings. The van der Waals surface area contributed by atoms with Crippen molar-refractivity contribution in [2.45, 2.75) is 5.37 Å². The van der Waals surface area contributed by atoms with Crippen LogP contribution in [0.2, 0.25) is 0 Å². The third kappa shape index (κ3) is 2.22. The van der Waals surface area contributed by atoms with Gasteiger partial charge in [-0.25, -0.2) is 0 Å². The highest BCUT2D eigenvalue weighted by Gasteiger charge is 2.37. The van der Waals surface area contributed by atoms with Gasteiger partial charge in [0.15, 0.2) is 0 Å². The summed E-state index contributed by atoms with van der Waals surface area (Å²) in [5.74, 6) is 0. The van der Waals surface area contributed by atoms with E-state index in [1.807, 2.05) is 47.7 Å². The predicted molar refractivity (Wildman–Crippen MR) is 91.4 cm³/mol. The second kappa shape index (κ2) is 5.94. The molecule has 1 aromatic rings. The molecule has 3 rings (SSSR count). The molecule has 0 spiro atoms. The Hall–Kier alpha value is -2.12. The Kier molecular flexibility index (Phi) is 4.00. The molecule has 1 aromatic carbocycles. The van der Waals surface area contributed by atoms with Crippen LogP contribution in [0.3, 0.4) is 0 Å². The second-order valence-electron chi connectivity index (χ2n) is 4.63. The Balaban J connectivity index is 2.26. The van der Waals surface area contributed by atoms with E-state index < -0.39 is 5.37 Å². The van der Waals surface area contributed by atoms with E-state index in [4.69, 9.17) is 5.73 Å². The minimum atomic E-state index is -0.431. The number of hydrogen-bond acceptors (Lipinski definition) is 6. The maximum Gasteiger partial charge on any atom is 0.102 e. The first-order valence-electron chi connectivity index (χ1n) is 6.53. The number of hydrogen-bond donors (Lipinski definition) is 1. The monoisotopic (exact) mass is 324 g/mol. The van der Waals surface area contributed by atoms with E-state index >= 15 is 0 Å². The lowest BCUT2D eigenvalue weighted by atomic mass is 10.1. The lowest BCUT2D eigenvalue weighted by Crippen LogP contribution is -2.22. The molecule has 1 unspecified atom stereocenters. The quantitative estimate of drug-likeness (QED) is 0.899. The van der Waals surface area contributed by atoms with Crippen LogP contribution in [0.4, 0.5) is 5.69 Å². The van der Waals surface area contributed by atoms with Crippen LogP contribution in [0.25, 0.3) is 0 Å². The summed E-state index contributed by atoms with van der Waals surface area (Å²) in [6, 6.07) is 14.2. The van der Waals surface area contributed by atoms with E-state index in [1.54, 1.807) is 0 Å². The van der Waals surface area contributed by atoms with E-state index in [0.29, 0.717) is 11.1 Å². The van der Waals surface area contributed by atoms with Gasteiger partial charge in [-0.05, 0) is 18.4 Å². The number of fused-ring (bicyclic) bond motifs is 1. The second-order valence-corrected chi connectivity index (χ2v) is 6.63. The molecule has 2 heterocycles. The third-order valence-corrected chi connectivity index (χ3v) is 5.32. The van der Waals surface area contributed by atoms with Gasteiger partial charge in [0.1, 0.15) is 6.07 Å². The smallest absolute Gasteiger partial charge is 0.102 e. The normalized spacial score (nSPS) is 20.5. The third-order valence-electron chi connectivity index (χ3n) is 3.45. The van der Waals surface area contributed by atoms with Crippen molar-refractivity contribution in [1.29, 1.82) is 10.5 Å². The van der Waals surface area contributed by atoms with E-state index in [-0.39, 0.29) is 0 Å². The van der Waals surface area contributed by atoms with Crippen LogP contribution >= 0.6 is 23.5 Å². The average Bonchev–Trinajstić information content (AvgIpc) is 2.89. The van der Waals surface area contributed by atoms with Crippen molar-refractivity contribution in [2.24, 2.45) is 5.73 Å². The largest absolute Gasteiger partial charge is 0.315 e. The first-order valence-corrected chi connectivity index (χ1v) is 8.63. The van der Waals surface area contributed by atoms with Crippen LogP contribution < -0.4 is 10.6 Å². The van der Waals surface area contributed by atoms with Gasteiger partial charge in [-0.1, -0.05) is 30.0 Å². The zero-order valence-corrected chi connectivity index (χ0v) is 13.4. The molecule has 0 aromatic heterocycles. The topological polar surface area (TPSA) is 76.8 Å². The van der Waals surface area contributed by atoms with Crippen molar-refractivity contribution in [3.63, 3.8) is 0 Å². The van der Waals surface area contributed by atoms with E-state index in [2.05, 4.69) is 12.1 Å². The lowest BCUT2D eigenvalue weighted by molar-refractivity contribution is 1.07. The fourth-order valence-electron chi connectivity index (χ4n) is 2.44. The van der Waals surface area contributed by atoms with Crippen LogP contribution in [0, 0.1) is 22.7 Å². The fraction of sp³-hybridized carbons (Fsp3) is 0.125. The standard InChI is InChI=1S/C16H12N4S2/c1-21-13-9-20(10-5-3-2-4-6-10)14-12(8-18)16(19)22-15(14)11(13)7-17/h2-6,9,16H,19H2,1H3. The van der Waals surface area contributed by atoms with Crippen LogP contribution in [0.15, 0.2) is 63.2 Å². The molecule has 6 heteroatoms. The summed E-state index contributed by atoms with van der Waals surface area (Å²) in [7, 11) is 0. The van der Waals surface area contributed by atoms with Gasteiger partial charge in [-0.3, -0.25) is 0 Å². The highest BCUT2D eigenvalue weighted by Crippen LogP contribution is 2.49. The molecule has 0 saturated heterocycles. The highest BCUT2D eigenvalue weighted by molar-refractivity contribution is 8.05. The number of anilines is 1. The molecule has 4 nitrogen and oxygen atoms in total. The van der Waals surface area contributed by atoms with Crippen molar-refractivity contribution in [1.82, 2.24) is 0 Å². The molecule has 2 aliphatic heterocycles. The fourth-order valence-corrected chi connectivity index (χ4v) is 4.20. The van der Waals surface area contributed by atoms with Gasteiger partial charge < -0.3 is 10.6 Å². The van der Waals surface area contributed by atoms with Gasteiger partial charge in [-0.15, -0.1) is 11.8 Å². The molecule has 0 amide bonds.